The minimum Gasteiger partial charge on any atom is -0.494 e. The van der Waals surface area contributed by atoms with E-state index in [1.54, 1.807) is 6.07 Å². The maximum absolute atomic E-state index is 10.7. The number of carboxylic acid groups (broad SMARTS) is 1. The SMILES string of the molecule is CNCc1ccc(C(CCOc2ccc(OCC(=O)O)c(C)c2)c2ccccc2)cc1. The zero-order valence-electron chi connectivity index (χ0n) is 18.0. The van der Waals surface area contributed by atoms with Crippen molar-refractivity contribution in [3.8, 4) is 11.5 Å². The molecule has 2 N–H and O–H groups in total. The summed E-state index contributed by atoms with van der Waals surface area (Å²) in [5.41, 5.74) is 4.64. The second kappa shape index (κ2) is 11.2. The predicted octanol–water partition coefficient (Wildman–Crippen LogP) is 4.78. The van der Waals surface area contributed by atoms with Gasteiger partial charge in [-0.05, 0) is 60.8 Å². The lowest BCUT2D eigenvalue weighted by Gasteiger charge is -2.19. The average Bonchev–Trinajstić information content (AvgIpc) is 2.77. The van der Waals surface area contributed by atoms with E-state index in [4.69, 9.17) is 14.6 Å². The number of nitrogens with one attached hydrogen (secondary N) is 1. The number of hydrogen-bond donors (Lipinski definition) is 2. The average molecular weight is 420 g/mol. The number of aliphatic carboxylic acids is 1. The molecule has 3 aromatic rings. The lowest BCUT2D eigenvalue weighted by Crippen LogP contribution is -2.10. The number of hydrogen-bond acceptors (Lipinski definition) is 4. The fourth-order valence-corrected chi connectivity index (χ4v) is 3.59. The van der Waals surface area contributed by atoms with Gasteiger partial charge in [0.25, 0.3) is 0 Å². The van der Waals surface area contributed by atoms with E-state index in [1.807, 2.05) is 32.2 Å². The summed E-state index contributed by atoms with van der Waals surface area (Å²) in [5.74, 6) is 0.546. The molecular formula is C26H29NO4. The van der Waals surface area contributed by atoms with Crippen LogP contribution in [0, 0.1) is 6.92 Å². The van der Waals surface area contributed by atoms with Crippen molar-refractivity contribution in [1.82, 2.24) is 5.32 Å². The lowest BCUT2D eigenvalue weighted by molar-refractivity contribution is -0.139. The van der Waals surface area contributed by atoms with Gasteiger partial charge in [0.2, 0.25) is 0 Å². The van der Waals surface area contributed by atoms with Crippen LogP contribution in [0.5, 0.6) is 11.5 Å². The first-order valence-electron chi connectivity index (χ1n) is 10.4. The Balaban J connectivity index is 1.67. The van der Waals surface area contributed by atoms with Crippen LogP contribution in [0.15, 0.2) is 72.8 Å². The van der Waals surface area contributed by atoms with Crippen molar-refractivity contribution < 1.29 is 19.4 Å². The van der Waals surface area contributed by atoms with Crippen molar-refractivity contribution >= 4 is 5.97 Å². The molecule has 0 bridgehead atoms. The number of aryl methyl sites for hydroxylation is 1. The van der Waals surface area contributed by atoms with Gasteiger partial charge in [-0.3, -0.25) is 0 Å². The van der Waals surface area contributed by atoms with Crippen molar-refractivity contribution in [2.45, 2.75) is 25.8 Å². The first-order valence-corrected chi connectivity index (χ1v) is 10.4. The molecule has 0 spiro atoms. The zero-order valence-corrected chi connectivity index (χ0v) is 18.0. The topological polar surface area (TPSA) is 67.8 Å². The van der Waals surface area contributed by atoms with Gasteiger partial charge in [0.1, 0.15) is 11.5 Å². The van der Waals surface area contributed by atoms with Gasteiger partial charge in [0.05, 0.1) is 6.61 Å². The molecule has 0 aliphatic heterocycles. The Morgan fingerprint density at radius 2 is 1.68 bits per heavy atom. The molecule has 0 aromatic heterocycles. The fraction of sp³-hybridized carbons (Fsp3) is 0.269. The quantitative estimate of drug-likeness (QED) is 0.468. The van der Waals surface area contributed by atoms with E-state index in [2.05, 4.69) is 53.8 Å². The van der Waals surface area contributed by atoms with Gasteiger partial charge in [-0.15, -0.1) is 0 Å². The van der Waals surface area contributed by atoms with Gasteiger partial charge in [0.15, 0.2) is 6.61 Å². The van der Waals surface area contributed by atoms with Crippen LogP contribution in [0.3, 0.4) is 0 Å². The summed E-state index contributed by atoms with van der Waals surface area (Å²) in [6, 6.07) is 24.7. The van der Waals surface area contributed by atoms with Crippen LogP contribution in [0.1, 0.15) is 34.6 Å². The largest absolute Gasteiger partial charge is 0.494 e. The molecule has 0 fully saturated rings. The molecule has 0 heterocycles. The molecule has 5 nitrogen and oxygen atoms in total. The Labute approximate surface area is 183 Å². The van der Waals surface area contributed by atoms with Crippen molar-refractivity contribution in [3.63, 3.8) is 0 Å². The molecule has 1 atom stereocenters. The van der Waals surface area contributed by atoms with E-state index < -0.39 is 5.97 Å². The molecule has 3 rings (SSSR count). The van der Waals surface area contributed by atoms with Crippen molar-refractivity contribution in [1.29, 1.82) is 0 Å². The molecule has 5 heteroatoms. The molecular weight excluding hydrogens is 390 g/mol. The highest BCUT2D eigenvalue weighted by Crippen LogP contribution is 2.29. The molecule has 0 aliphatic carbocycles. The fourth-order valence-electron chi connectivity index (χ4n) is 3.59. The molecule has 162 valence electrons. The molecule has 0 saturated heterocycles. The van der Waals surface area contributed by atoms with E-state index in [0.717, 1.165) is 24.3 Å². The Morgan fingerprint density at radius 3 is 2.32 bits per heavy atom. The van der Waals surface area contributed by atoms with E-state index in [-0.39, 0.29) is 12.5 Å². The van der Waals surface area contributed by atoms with Gasteiger partial charge < -0.3 is 19.9 Å². The highest BCUT2D eigenvalue weighted by Gasteiger charge is 2.15. The minimum absolute atomic E-state index is 0.240. The number of benzene rings is 3. The van der Waals surface area contributed by atoms with Crippen LogP contribution in [-0.4, -0.2) is 31.3 Å². The summed E-state index contributed by atoms with van der Waals surface area (Å²) >= 11 is 0. The van der Waals surface area contributed by atoms with Crippen molar-refractivity contribution in [3.05, 3.63) is 95.1 Å². The molecule has 1 unspecified atom stereocenters. The van der Waals surface area contributed by atoms with Crippen molar-refractivity contribution in [2.24, 2.45) is 0 Å². The molecule has 31 heavy (non-hydrogen) atoms. The van der Waals surface area contributed by atoms with Crippen LogP contribution >= 0.6 is 0 Å². The monoisotopic (exact) mass is 419 g/mol. The lowest BCUT2D eigenvalue weighted by atomic mass is 9.88. The van der Waals surface area contributed by atoms with Crippen LogP contribution < -0.4 is 14.8 Å². The summed E-state index contributed by atoms with van der Waals surface area (Å²) in [6.07, 6.45) is 0.839. The third-order valence-electron chi connectivity index (χ3n) is 5.14. The van der Waals surface area contributed by atoms with Gasteiger partial charge >= 0.3 is 5.97 Å². The second-order valence-corrected chi connectivity index (χ2v) is 7.48. The third kappa shape index (κ3) is 6.59. The van der Waals surface area contributed by atoms with Gasteiger partial charge in [-0.2, -0.15) is 0 Å². The number of carboxylic acids is 1. The van der Waals surface area contributed by atoms with E-state index in [1.165, 1.54) is 16.7 Å². The van der Waals surface area contributed by atoms with Gasteiger partial charge in [-0.25, -0.2) is 4.79 Å². The van der Waals surface area contributed by atoms with Gasteiger partial charge in [0, 0.05) is 12.5 Å². The summed E-state index contributed by atoms with van der Waals surface area (Å²) in [7, 11) is 1.95. The second-order valence-electron chi connectivity index (χ2n) is 7.48. The summed E-state index contributed by atoms with van der Waals surface area (Å²) in [4.78, 5) is 10.7. The van der Waals surface area contributed by atoms with Crippen LogP contribution in [-0.2, 0) is 11.3 Å². The van der Waals surface area contributed by atoms with Gasteiger partial charge in [-0.1, -0.05) is 54.6 Å². The smallest absolute Gasteiger partial charge is 0.341 e. The maximum atomic E-state index is 10.7. The first kappa shape index (κ1) is 22.4. The first-order chi connectivity index (χ1) is 15.1. The normalized spacial score (nSPS) is 11.7. The Bertz CT molecular complexity index is 970. The summed E-state index contributed by atoms with van der Waals surface area (Å²) < 4.78 is 11.3. The standard InChI is InChI=1S/C26H29NO4/c1-19-16-23(12-13-25(19)31-18-26(28)29)30-15-14-24(21-6-4-3-5-7-21)22-10-8-20(9-11-22)17-27-2/h3-13,16,24,27H,14-15,17-18H2,1-2H3,(H,28,29). The highest BCUT2D eigenvalue weighted by molar-refractivity contribution is 5.68. The van der Waals surface area contributed by atoms with E-state index in [0.29, 0.717) is 12.4 Å². The highest BCUT2D eigenvalue weighted by atomic mass is 16.5. The number of rotatable bonds is 11. The predicted molar refractivity (Wildman–Crippen MR) is 122 cm³/mol. The summed E-state index contributed by atoms with van der Waals surface area (Å²) in [5, 5.41) is 11.9. The van der Waals surface area contributed by atoms with Crippen LogP contribution in [0.25, 0.3) is 0 Å². The summed E-state index contributed by atoms with van der Waals surface area (Å²) in [6.45, 7) is 2.94. The maximum Gasteiger partial charge on any atom is 0.341 e. The number of carbonyl (C=O) groups is 1. The number of ether oxygens (including phenoxy) is 2. The third-order valence-corrected chi connectivity index (χ3v) is 5.14. The minimum atomic E-state index is -0.995. The van der Waals surface area contributed by atoms with Crippen molar-refractivity contribution in [2.75, 3.05) is 20.3 Å². The van der Waals surface area contributed by atoms with E-state index in [9.17, 15) is 4.79 Å². The zero-order chi connectivity index (χ0) is 22.1. The Hall–Kier alpha value is -3.31. The van der Waals surface area contributed by atoms with Crippen LogP contribution in [0.4, 0.5) is 0 Å². The molecule has 0 radical (unpaired) electrons. The molecule has 0 saturated carbocycles. The van der Waals surface area contributed by atoms with Crippen LogP contribution in [0.2, 0.25) is 0 Å². The molecule has 3 aromatic carbocycles. The molecule has 0 amide bonds. The molecule has 0 aliphatic rings. The van der Waals surface area contributed by atoms with E-state index >= 15 is 0 Å². The Morgan fingerprint density at radius 1 is 0.968 bits per heavy atom. The Kier molecular flexibility index (Phi) is 8.07.